The second-order valence-corrected chi connectivity index (χ2v) is 8.21. The van der Waals surface area contributed by atoms with Gasteiger partial charge in [0.2, 0.25) is 6.79 Å². The van der Waals surface area contributed by atoms with E-state index in [1.54, 1.807) is 22.9 Å². The van der Waals surface area contributed by atoms with Gasteiger partial charge < -0.3 is 14.8 Å². The van der Waals surface area contributed by atoms with Crippen molar-refractivity contribution < 1.29 is 14.3 Å². The van der Waals surface area contributed by atoms with Gasteiger partial charge in [0.15, 0.2) is 11.5 Å². The summed E-state index contributed by atoms with van der Waals surface area (Å²) >= 11 is 0. The average molecular weight is 413 g/mol. The molecular formula is C21H27N5O4. The fourth-order valence-corrected chi connectivity index (χ4v) is 4.51. The second kappa shape index (κ2) is 8.14. The Morgan fingerprint density at radius 1 is 1.13 bits per heavy atom. The molecule has 30 heavy (non-hydrogen) atoms. The maximum Gasteiger partial charge on any atom is 0.345 e. The number of hydrogen-bond acceptors (Lipinski definition) is 6. The molecule has 1 saturated heterocycles. The number of nitrogens with one attached hydrogen (secondary N) is 1. The number of benzene rings is 1. The maximum atomic E-state index is 12.7. The summed E-state index contributed by atoms with van der Waals surface area (Å²) in [6.07, 6.45) is 5.01. The average Bonchev–Trinajstić information content (AvgIpc) is 3.36. The molecule has 1 unspecified atom stereocenters. The molecule has 3 aliphatic rings. The standard InChI is InChI=1S/C21H27N5O4/c27-20(15-6-7-17-18(12-15)30-14-29-17)22-16-4-3-8-24(13-16)10-11-26-21(28)25-9-2-1-5-19(25)23-26/h6-7,12,16H,1-5,8-11,13-14H2,(H,22,27). The van der Waals surface area contributed by atoms with Crippen molar-refractivity contribution in [1.82, 2.24) is 24.6 Å². The summed E-state index contributed by atoms with van der Waals surface area (Å²) in [6.45, 7) is 4.07. The zero-order chi connectivity index (χ0) is 20.5. The van der Waals surface area contributed by atoms with Crippen LogP contribution in [0.3, 0.4) is 0 Å². The van der Waals surface area contributed by atoms with Crippen LogP contribution >= 0.6 is 0 Å². The largest absolute Gasteiger partial charge is 0.454 e. The lowest BCUT2D eigenvalue weighted by atomic mass is 10.0. The van der Waals surface area contributed by atoms with Gasteiger partial charge in [0.05, 0.1) is 6.54 Å². The number of ether oxygens (including phenoxy) is 2. The Morgan fingerprint density at radius 3 is 2.93 bits per heavy atom. The lowest BCUT2D eigenvalue weighted by molar-refractivity contribution is 0.0901. The molecule has 4 heterocycles. The predicted octanol–water partition coefficient (Wildman–Crippen LogP) is 1.00. The van der Waals surface area contributed by atoms with Crippen LogP contribution in [0.15, 0.2) is 23.0 Å². The van der Waals surface area contributed by atoms with Crippen molar-refractivity contribution in [2.75, 3.05) is 26.4 Å². The smallest absolute Gasteiger partial charge is 0.345 e. The van der Waals surface area contributed by atoms with Crippen LogP contribution in [0.2, 0.25) is 0 Å². The Morgan fingerprint density at radius 2 is 2.03 bits per heavy atom. The molecule has 2 aromatic rings. The maximum absolute atomic E-state index is 12.7. The quantitative estimate of drug-likeness (QED) is 0.787. The van der Waals surface area contributed by atoms with Gasteiger partial charge in [-0.05, 0) is 50.4 Å². The first-order chi connectivity index (χ1) is 14.7. The van der Waals surface area contributed by atoms with E-state index in [1.165, 1.54) is 0 Å². The van der Waals surface area contributed by atoms with Crippen molar-refractivity contribution in [1.29, 1.82) is 0 Å². The molecule has 9 heteroatoms. The highest BCUT2D eigenvalue weighted by atomic mass is 16.7. The van der Waals surface area contributed by atoms with Crippen LogP contribution in [0.5, 0.6) is 11.5 Å². The number of aryl methyl sites for hydroxylation is 1. The Bertz CT molecular complexity index is 998. The normalized spacial score (nSPS) is 20.7. The highest BCUT2D eigenvalue weighted by Crippen LogP contribution is 2.32. The summed E-state index contributed by atoms with van der Waals surface area (Å²) in [5.74, 6) is 2.10. The first kappa shape index (κ1) is 19.2. The third-order valence-electron chi connectivity index (χ3n) is 6.14. The lowest BCUT2D eigenvalue weighted by Crippen LogP contribution is -2.48. The summed E-state index contributed by atoms with van der Waals surface area (Å²) in [5.41, 5.74) is 0.584. The van der Waals surface area contributed by atoms with Crippen LogP contribution in [0.4, 0.5) is 0 Å². The van der Waals surface area contributed by atoms with Gasteiger partial charge >= 0.3 is 5.69 Å². The molecule has 1 amide bonds. The minimum Gasteiger partial charge on any atom is -0.454 e. The van der Waals surface area contributed by atoms with Crippen LogP contribution < -0.4 is 20.5 Å². The minimum absolute atomic E-state index is 0.00868. The van der Waals surface area contributed by atoms with E-state index in [0.29, 0.717) is 23.6 Å². The molecule has 0 radical (unpaired) electrons. The van der Waals surface area contributed by atoms with E-state index in [9.17, 15) is 9.59 Å². The van der Waals surface area contributed by atoms with Crippen molar-refractivity contribution >= 4 is 5.91 Å². The number of likely N-dealkylation sites (tertiary alicyclic amines) is 1. The van der Waals surface area contributed by atoms with Gasteiger partial charge in [0.25, 0.3) is 5.91 Å². The van der Waals surface area contributed by atoms with Crippen molar-refractivity contribution in [3.8, 4) is 11.5 Å². The summed E-state index contributed by atoms with van der Waals surface area (Å²) < 4.78 is 14.1. The first-order valence-electron chi connectivity index (χ1n) is 10.8. The van der Waals surface area contributed by atoms with Crippen molar-refractivity contribution in [3.63, 3.8) is 0 Å². The van der Waals surface area contributed by atoms with E-state index in [-0.39, 0.29) is 24.4 Å². The van der Waals surface area contributed by atoms with Gasteiger partial charge in [0.1, 0.15) is 5.82 Å². The van der Waals surface area contributed by atoms with Crippen LogP contribution in [0, 0.1) is 0 Å². The molecular weight excluding hydrogens is 386 g/mol. The number of piperidine rings is 1. The number of amides is 1. The number of nitrogens with zero attached hydrogens (tertiary/aromatic N) is 4. The van der Waals surface area contributed by atoms with Crippen molar-refractivity contribution in [2.45, 2.75) is 51.2 Å². The molecule has 0 spiro atoms. The number of carbonyl (C=O) groups is 1. The monoisotopic (exact) mass is 413 g/mol. The van der Waals surface area contributed by atoms with Crippen molar-refractivity contribution in [2.24, 2.45) is 0 Å². The van der Waals surface area contributed by atoms with E-state index in [0.717, 1.165) is 64.1 Å². The number of hydrogen-bond donors (Lipinski definition) is 1. The molecule has 1 fully saturated rings. The summed E-state index contributed by atoms with van der Waals surface area (Å²) in [6, 6.07) is 5.34. The number of fused-ring (bicyclic) bond motifs is 2. The number of carbonyl (C=O) groups excluding carboxylic acids is 1. The van der Waals surface area contributed by atoms with E-state index in [4.69, 9.17) is 9.47 Å². The molecule has 0 bridgehead atoms. The summed E-state index contributed by atoms with van der Waals surface area (Å²) in [7, 11) is 0. The van der Waals surface area contributed by atoms with Crippen LogP contribution in [0.25, 0.3) is 0 Å². The lowest BCUT2D eigenvalue weighted by Gasteiger charge is -2.33. The van der Waals surface area contributed by atoms with Crippen molar-refractivity contribution in [3.05, 3.63) is 40.1 Å². The van der Waals surface area contributed by atoms with E-state index in [1.807, 2.05) is 4.57 Å². The SMILES string of the molecule is O=C(NC1CCCN(CCn2nc3n(c2=O)CCCC3)C1)c1ccc2c(c1)OCO2. The molecule has 5 rings (SSSR count). The molecule has 9 nitrogen and oxygen atoms in total. The fraction of sp³-hybridized carbons (Fsp3) is 0.571. The van der Waals surface area contributed by atoms with Gasteiger partial charge in [-0.25, -0.2) is 9.48 Å². The summed E-state index contributed by atoms with van der Waals surface area (Å²) in [5, 5.41) is 7.66. The highest BCUT2D eigenvalue weighted by molar-refractivity contribution is 5.95. The van der Waals surface area contributed by atoms with E-state index < -0.39 is 0 Å². The Labute approximate surface area is 174 Å². The molecule has 1 N–H and O–H groups in total. The Kier molecular flexibility index (Phi) is 5.20. The number of rotatable bonds is 5. The minimum atomic E-state index is -0.0989. The fourth-order valence-electron chi connectivity index (χ4n) is 4.51. The zero-order valence-corrected chi connectivity index (χ0v) is 17.0. The third kappa shape index (κ3) is 3.81. The molecule has 160 valence electrons. The van der Waals surface area contributed by atoms with E-state index in [2.05, 4.69) is 15.3 Å². The molecule has 1 aromatic heterocycles. The Balaban J connectivity index is 1.17. The van der Waals surface area contributed by atoms with Crippen LogP contribution in [0.1, 0.15) is 41.9 Å². The number of aromatic nitrogens is 3. The van der Waals surface area contributed by atoms with Gasteiger partial charge in [-0.2, -0.15) is 5.10 Å². The highest BCUT2D eigenvalue weighted by Gasteiger charge is 2.24. The van der Waals surface area contributed by atoms with Gasteiger partial charge in [0, 0.05) is 37.7 Å². The predicted molar refractivity (Wildman–Crippen MR) is 109 cm³/mol. The summed E-state index contributed by atoms with van der Waals surface area (Å²) in [4.78, 5) is 27.5. The van der Waals surface area contributed by atoms with Crippen LogP contribution in [-0.2, 0) is 19.5 Å². The topological polar surface area (TPSA) is 90.6 Å². The first-order valence-corrected chi connectivity index (χ1v) is 10.8. The van der Waals surface area contributed by atoms with Gasteiger partial charge in [-0.1, -0.05) is 0 Å². The molecule has 3 aliphatic heterocycles. The molecule has 1 aromatic carbocycles. The van der Waals surface area contributed by atoms with Gasteiger partial charge in [-0.15, -0.1) is 0 Å². The molecule has 0 saturated carbocycles. The van der Waals surface area contributed by atoms with Gasteiger partial charge in [-0.3, -0.25) is 14.3 Å². The van der Waals surface area contributed by atoms with E-state index >= 15 is 0 Å². The van der Waals surface area contributed by atoms with Crippen LogP contribution in [-0.4, -0.2) is 57.6 Å². The molecule has 0 aliphatic carbocycles. The second-order valence-electron chi connectivity index (χ2n) is 8.21. The third-order valence-corrected chi connectivity index (χ3v) is 6.14. The Hall–Kier alpha value is -2.81. The zero-order valence-electron chi connectivity index (χ0n) is 17.0. The molecule has 1 atom stereocenters.